The molecule has 2 aromatic rings. The van der Waals surface area contributed by atoms with Gasteiger partial charge in [-0.2, -0.15) is 0 Å². The van der Waals surface area contributed by atoms with Crippen molar-refractivity contribution in [1.82, 2.24) is 15.5 Å². The molecule has 0 spiro atoms. The molecule has 9 heteroatoms. The summed E-state index contributed by atoms with van der Waals surface area (Å²) in [7, 11) is 3.37. The first-order chi connectivity index (χ1) is 14.4. The molecule has 30 heavy (non-hydrogen) atoms. The van der Waals surface area contributed by atoms with E-state index in [1.807, 2.05) is 11.4 Å². The molecule has 162 valence electrons. The van der Waals surface area contributed by atoms with Crippen LogP contribution in [0.1, 0.15) is 11.3 Å². The van der Waals surface area contributed by atoms with E-state index in [0.29, 0.717) is 32.0 Å². The van der Waals surface area contributed by atoms with Crippen LogP contribution in [0.3, 0.4) is 0 Å². The van der Waals surface area contributed by atoms with Crippen LogP contribution >= 0.6 is 11.3 Å². The summed E-state index contributed by atoms with van der Waals surface area (Å²) < 4.78 is 28.2. The summed E-state index contributed by atoms with van der Waals surface area (Å²) in [5.74, 6) is -0.691. The standard InChI is InChI=1S/C21H27F2N5OS/c1-27(2)19(29)13-25-21(24-10-8-16-5-4-12-30-16)26-15-9-11-28(14-15)20-17(22)6-3-7-18(20)23/h3-7,12,15H,8-11,13-14H2,1-2H3,(H2,24,25,26). The number of benzene rings is 1. The van der Waals surface area contributed by atoms with Crippen LogP contribution in [0.25, 0.3) is 0 Å². The smallest absolute Gasteiger partial charge is 0.243 e. The van der Waals surface area contributed by atoms with Crippen molar-refractivity contribution in [2.75, 3.05) is 45.2 Å². The molecule has 1 unspecified atom stereocenters. The van der Waals surface area contributed by atoms with Crippen LogP contribution in [0.15, 0.2) is 40.7 Å². The number of halogens is 2. The van der Waals surface area contributed by atoms with E-state index in [0.717, 1.165) is 6.42 Å². The molecule has 1 aromatic heterocycles. The van der Waals surface area contributed by atoms with Crippen LogP contribution in [0.4, 0.5) is 14.5 Å². The predicted octanol–water partition coefficient (Wildman–Crippen LogP) is 2.47. The van der Waals surface area contributed by atoms with Crippen LogP contribution in [0.2, 0.25) is 0 Å². The topological polar surface area (TPSA) is 60.0 Å². The number of thiophene rings is 1. The molecule has 0 aliphatic carbocycles. The lowest BCUT2D eigenvalue weighted by atomic mass is 10.2. The molecule has 2 heterocycles. The fraction of sp³-hybridized carbons (Fsp3) is 0.429. The van der Waals surface area contributed by atoms with Gasteiger partial charge in [0.05, 0.1) is 0 Å². The summed E-state index contributed by atoms with van der Waals surface area (Å²) in [5, 5.41) is 8.61. The van der Waals surface area contributed by atoms with Gasteiger partial charge in [0.15, 0.2) is 5.96 Å². The number of aliphatic imine (C=N–C) groups is 1. The average Bonchev–Trinajstić information content (AvgIpc) is 3.38. The molecule has 6 nitrogen and oxygen atoms in total. The second kappa shape index (κ2) is 10.4. The number of likely N-dealkylation sites (N-methyl/N-ethyl adjacent to an activating group) is 1. The molecule has 1 amide bonds. The summed E-state index contributed by atoms with van der Waals surface area (Å²) in [6.45, 7) is 1.68. The first-order valence-corrected chi connectivity index (χ1v) is 10.8. The number of guanidine groups is 1. The Morgan fingerprint density at radius 1 is 1.27 bits per heavy atom. The van der Waals surface area contributed by atoms with Crippen LogP contribution in [-0.4, -0.2) is 63.1 Å². The number of carbonyl (C=O) groups excluding carboxylic acids is 1. The molecule has 1 fully saturated rings. The Bertz CT molecular complexity index is 852. The fourth-order valence-electron chi connectivity index (χ4n) is 3.27. The van der Waals surface area contributed by atoms with Gasteiger partial charge in [-0.3, -0.25) is 4.79 Å². The minimum Gasteiger partial charge on any atom is -0.365 e. The van der Waals surface area contributed by atoms with Crippen LogP contribution in [0, 0.1) is 11.6 Å². The Morgan fingerprint density at radius 2 is 2.03 bits per heavy atom. The Kier molecular flexibility index (Phi) is 7.62. The summed E-state index contributed by atoms with van der Waals surface area (Å²) in [5.41, 5.74) is 0.00808. The normalized spacial score (nSPS) is 16.6. The molecule has 0 saturated carbocycles. The first-order valence-electron chi connectivity index (χ1n) is 9.90. The summed E-state index contributed by atoms with van der Waals surface area (Å²) >= 11 is 1.69. The third-order valence-electron chi connectivity index (χ3n) is 4.90. The molecule has 1 saturated heterocycles. The molecule has 1 aliphatic heterocycles. The quantitative estimate of drug-likeness (QED) is 0.518. The number of nitrogens with one attached hydrogen (secondary N) is 2. The first kappa shape index (κ1) is 22.0. The lowest BCUT2D eigenvalue weighted by Gasteiger charge is -2.21. The number of hydrogen-bond acceptors (Lipinski definition) is 4. The second-order valence-corrected chi connectivity index (χ2v) is 8.39. The minimum absolute atomic E-state index is 0.00808. The second-order valence-electron chi connectivity index (χ2n) is 7.36. The average molecular weight is 436 g/mol. The largest absolute Gasteiger partial charge is 0.365 e. The zero-order valence-corrected chi connectivity index (χ0v) is 18.0. The van der Waals surface area contributed by atoms with Gasteiger partial charge < -0.3 is 20.4 Å². The van der Waals surface area contributed by atoms with Gasteiger partial charge in [0.2, 0.25) is 5.91 Å². The van der Waals surface area contributed by atoms with E-state index in [4.69, 9.17) is 0 Å². The summed E-state index contributed by atoms with van der Waals surface area (Å²) in [6.07, 6.45) is 1.55. The maximum absolute atomic E-state index is 14.1. The van der Waals surface area contributed by atoms with E-state index in [9.17, 15) is 13.6 Å². The van der Waals surface area contributed by atoms with Gasteiger partial charge in [-0.25, -0.2) is 13.8 Å². The van der Waals surface area contributed by atoms with Crippen molar-refractivity contribution < 1.29 is 13.6 Å². The molecule has 1 atom stereocenters. The van der Waals surface area contributed by atoms with E-state index >= 15 is 0 Å². The van der Waals surface area contributed by atoms with Gasteiger partial charge in [-0.1, -0.05) is 12.1 Å². The van der Waals surface area contributed by atoms with Crippen molar-refractivity contribution in [2.45, 2.75) is 18.9 Å². The van der Waals surface area contributed by atoms with Gasteiger partial charge in [0, 0.05) is 44.6 Å². The zero-order chi connectivity index (χ0) is 21.5. The number of para-hydroxylation sites is 1. The van der Waals surface area contributed by atoms with E-state index in [-0.39, 0.29) is 24.2 Å². The predicted molar refractivity (Wildman–Crippen MR) is 117 cm³/mol. The van der Waals surface area contributed by atoms with Gasteiger partial charge in [0.1, 0.15) is 23.9 Å². The molecule has 0 bridgehead atoms. The molecule has 0 radical (unpaired) electrons. The highest BCUT2D eigenvalue weighted by Gasteiger charge is 2.27. The Morgan fingerprint density at radius 3 is 2.70 bits per heavy atom. The van der Waals surface area contributed by atoms with Crippen molar-refractivity contribution in [3.63, 3.8) is 0 Å². The third kappa shape index (κ3) is 5.91. The number of carbonyl (C=O) groups is 1. The lowest BCUT2D eigenvalue weighted by Crippen LogP contribution is -2.45. The number of rotatable bonds is 7. The Hall–Kier alpha value is -2.68. The van der Waals surface area contributed by atoms with Crippen molar-refractivity contribution in [2.24, 2.45) is 4.99 Å². The highest BCUT2D eigenvalue weighted by molar-refractivity contribution is 7.09. The fourth-order valence-corrected chi connectivity index (χ4v) is 3.97. The molecular formula is C21H27F2N5OS. The van der Waals surface area contributed by atoms with Gasteiger partial charge in [0.25, 0.3) is 0 Å². The third-order valence-corrected chi connectivity index (χ3v) is 5.83. The SMILES string of the molecule is CN(C)C(=O)CN=C(NCCc1cccs1)NC1CCN(c2c(F)cccc2F)C1. The van der Waals surface area contributed by atoms with Crippen molar-refractivity contribution in [3.05, 3.63) is 52.2 Å². The van der Waals surface area contributed by atoms with E-state index < -0.39 is 11.6 Å². The molecule has 1 aromatic carbocycles. The Labute approximate surface area is 179 Å². The minimum atomic E-state index is -0.560. The monoisotopic (exact) mass is 435 g/mol. The van der Waals surface area contributed by atoms with E-state index in [2.05, 4.69) is 21.7 Å². The lowest BCUT2D eigenvalue weighted by molar-refractivity contribution is -0.127. The summed E-state index contributed by atoms with van der Waals surface area (Å²) in [4.78, 5) is 20.8. The molecular weight excluding hydrogens is 408 g/mol. The van der Waals surface area contributed by atoms with Crippen LogP contribution < -0.4 is 15.5 Å². The number of hydrogen-bond donors (Lipinski definition) is 2. The maximum Gasteiger partial charge on any atom is 0.243 e. The highest BCUT2D eigenvalue weighted by atomic mass is 32.1. The van der Waals surface area contributed by atoms with Crippen LogP contribution in [0.5, 0.6) is 0 Å². The maximum atomic E-state index is 14.1. The van der Waals surface area contributed by atoms with Crippen molar-refractivity contribution >= 4 is 28.9 Å². The van der Waals surface area contributed by atoms with E-state index in [1.165, 1.54) is 28.0 Å². The van der Waals surface area contributed by atoms with Crippen molar-refractivity contribution in [1.29, 1.82) is 0 Å². The number of amides is 1. The number of nitrogens with zero attached hydrogens (tertiary/aromatic N) is 3. The highest BCUT2D eigenvalue weighted by Crippen LogP contribution is 2.26. The van der Waals surface area contributed by atoms with Gasteiger partial charge in [-0.05, 0) is 36.4 Å². The Balaban J connectivity index is 1.61. The summed E-state index contributed by atoms with van der Waals surface area (Å²) in [6, 6.07) is 7.95. The number of anilines is 1. The molecule has 3 rings (SSSR count). The van der Waals surface area contributed by atoms with Gasteiger partial charge >= 0.3 is 0 Å². The van der Waals surface area contributed by atoms with Crippen LogP contribution in [-0.2, 0) is 11.2 Å². The molecule has 1 aliphatic rings. The molecule has 2 N–H and O–H groups in total. The van der Waals surface area contributed by atoms with E-state index in [1.54, 1.807) is 30.3 Å². The zero-order valence-electron chi connectivity index (χ0n) is 17.2. The van der Waals surface area contributed by atoms with Gasteiger partial charge in [-0.15, -0.1) is 11.3 Å². The van der Waals surface area contributed by atoms with Crippen molar-refractivity contribution in [3.8, 4) is 0 Å².